The van der Waals surface area contributed by atoms with Gasteiger partial charge in [0.05, 0.1) is 30.6 Å². The average Bonchev–Trinajstić information content (AvgIpc) is 2.68. The van der Waals surface area contributed by atoms with E-state index in [9.17, 15) is 9.90 Å². The Morgan fingerprint density at radius 2 is 2.10 bits per heavy atom. The minimum Gasteiger partial charge on any atom is -0.390 e. The van der Waals surface area contributed by atoms with Gasteiger partial charge in [-0.3, -0.25) is 9.79 Å². The van der Waals surface area contributed by atoms with Gasteiger partial charge in [-0.25, -0.2) is 0 Å². The summed E-state index contributed by atoms with van der Waals surface area (Å²) in [6.45, 7) is 0.556. The zero-order valence-corrected chi connectivity index (χ0v) is 17.4. The molecular formula is C18H36N6O5. The van der Waals surface area contributed by atoms with Gasteiger partial charge >= 0.3 is 0 Å². The lowest BCUT2D eigenvalue weighted by molar-refractivity contribution is -0.248. The molecule has 0 radical (unpaired) electrons. The van der Waals surface area contributed by atoms with Gasteiger partial charge in [-0.05, 0) is 26.3 Å². The third-order valence-corrected chi connectivity index (χ3v) is 5.68. The predicted octanol–water partition coefficient (Wildman–Crippen LogP) is -2.66. The number of amides is 1. The first-order valence-electron chi connectivity index (χ1n) is 9.97. The Morgan fingerprint density at radius 1 is 1.38 bits per heavy atom. The standard InChI is InChI=1S/C18H36N6O5/c1-22-7-10-4-5-11(20)18(28-10)29-13-6-12(21)17(27-3)16(26)15(13)24(2)14(25)8-23-9-19/h9-13,15-18,22,26H,4-8,20-21H2,1-3H3,(H2,19,23). The van der Waals surface area contributed by atoms with Crippen LogP contribution < -0.4 is 22.5 Å². The van der Waals surface area contributed by atoms with Crippen molar-refractivity contribution in [3.63, 3.8) is 0 Å². The number of carbonyl (C=O) groups is 1. The number of hydrogen-bond donors (Lipinski definition) is 5. The lowest BCUT2D eigenvalue weighted by Crippen LogP contribution is -2.66. The molecule has 29 heavy (non-hydrogen) atoms. The molecule has 11 nitrogen and oxygen atoms in total. The maximum atomic E-state index is 12.5. The molecule has 2 aliphatic rings. The summed E-state index contributed by atoms with van der Waals surface area (Å²) in [4.78, 5) is 17.7. The summed E-state index contributed by atoms with van der Waals surface area (Å²) in [6, 6.07) is -1.46. The number of methoxy groups -OCH3 is 1. The number of carbonyl (C=O) groups excluding carboxylic acids is 1. The molecule has 0 aromatic rings. The molecule has 1 heterocycles. The van der Waals surface area contributed by atoms with Crippen LogP contribution in [0.3, 0.4) is 0 Å². The Labute approximate surface area is 171 Å². The van der Waals surface area contributed by atoms with Crippen LogP contribution in [0.25, 0.3) is 0 Å². The fourth-order valence-electron chi connectivity index (χ4n) is 4.10. The highest BCUT2D eigenvalue weighted by atomic mass is 16.7. The van der Waals surface area contributed by atoms with Gasteiger partial charge in [0.15, 0.2) is 6.29 Å². The van der Waals surface area contributed by atoms with Crippen LogP contribution in [0.5, 0.6) is 0 Å². The molecule has 0 spiro atoms. The van der Waals surface area contributed by atoms with Crippen LogP contribution in [0.2, 0.25) is 0 Å². The monoisotopic (exact) mass is 416 g/mol. The van der Waals surface area contributed by atoms with Crippen LogP contribution in [-0.4, -0.2) is 105 Å². The third kappa shape index (κ3) is 5.85. The fourth-order valence-corrected chi connectivity index (χ4v) is 4.10. The van der Waals surface area contributed by atoms with Crippen molar-refractivity contribution < 1.29 is 24.1 Å². The van der Waals surface area contributed by atoms with Crippen LogP contribution in [0, 0.1) is 0 Å². The molecule has 1 amide bonds. The highest BCUT2D eigenvalue weighted by Gasteiger charge is 2.48. The van der Waals surface area contributed by atoms with Crippen molar-refractivity contribution in [1.29, 1.82) is 0 Å². The first-order valence-corrected chi connectivity index (χ1v) is 9.97. The second-order valence-corrected chi connectivity index (χ2v) is 7.68. The predicted molar refractivity (Wildman–Crippen MR) is 108 cm³/mol. The van der Waals surface area contributed by atoms with Crippen molar-refractivity contribution in [2.75, 3.05) is 34.3 Å². The topological polar surface area (TPSA) is 171 Å². The molecule has 11 heteroatoms. The SMILES string of the molecule is CNCC1CCC(N)C(OC2CC(N)C(OC)C(O)C2N(C)C(=O)CN=CN)O1. The average molecular weight is 417 g/mol. The van der Waals surface area contributed by atoms with Gasteiger partial charge in [0, 0.05) is 26.7 Å². The van der Waals surface area contributed by atoms with E-state index >= 15 is 0 Å². The quantitative estimate of drug-likeness (QED) is 0.209. The molecule has 0 bridgehead atoms. The summed E-state index contributed by atoms with van der Waals surface area (Å²) in [5, 5.41) is 14.0. The normalized spacial score (nSPS) is 38.3. The van der Waals surface area contributed by atoms with Crippen molar-refractivity contribution in [2.45, 2.75) is 68.1 Å². The number of nitrogens with one attached hydrogen (secondary N) is 1. The summed E-state index contributed by atoms with van der Waals surface area (Å²) in [6.07, 6.45) is 0.107. The van der Waals surface area contributed by atoms with Crippen LogP contribution in [0.4, 0.5) is 0 Å². The van der Waals surface area contributed by atoms with Crippen molar-refractivity contribution in [3.05, 3.63) is 0 Å². The van der Waals surface area contributed by atoms with E-state index < -0.39 is 36.7 Å². The minimum absolute atomic E-state index is 0.0181. The smallest absolute Gasteiger partial charge is 0.244 e. The first-order chi connectivity index (χ1) is 13.8. The van der Waals surface area contributed by atoms with E-state index in [2.05, 4.69) is 10.3 Å². The number of rotatable bonds is 8. The zero-order chi connectivity index (χ0) is 21.6. The first kappa shape index (κ1) is 23.9. The largest absolute Gasteiger partial charge is 0.390 e. The molecule has 0 aromatic heterocycles. The van der Waals surface area contributed by atoms with Gasteiger partial charge in [-0.1, -0.05) is 0 Å². The Bertz CT molecular complexity index is 553. The number of aliphatic hydroxyl groups is 1. The van der Waals surface area contributed by atoms with Gasteiger partial charge in [-0.2, -0.15) is 0 Å². The van der Waals surface area contributed by atoms with E-state index in [1.807, 2.05) is 7.05 Å². The van der Waals surface area contributed by atoms with E-state index in [1.54, 1.807) is 7.05 Å². The van der Waals surface area contributed by atoms with Gasteiger partial charge in [0.2, 0.25) is 5.91 Å². The summed E-state index contributed by atoms with van der Waals surface area (Å²) in [5.74, 6) is -0.309. The van der Waals surface area contributed by atoms with Gasteiger partial charge in [0.1, 0.15) is 18.8 Å². The van der Waals surface area contributed by atoms with E-state index in [0.29, 0.717) is 13.0 Å². The molecule has 1 saturated carbocycles. The number of likely N-dealkylation sites (N-methyl/N-ethyl adjacent to an activating group) is 2. The summed E-state index contributed by atoms with van der Waals surface area (Å²) < 4.78 is 17.6. The summed E-state index contributed by atoms with van der Waals surface area (Å²) in [7, 11) is 4.93. The summed E-state index contributed by atoms with van der Waals surface area (Å²) in [5.41, 5.74) is 17.7. The molecule has 0 aromatic carbocycles. The Kier molecular flexibility index (Phi) is 9.21. The van der Waals surface area contributed by atoms with Crippen molar-refractivity contribution >= 4 is 12.2 Å². The Hall–Kier alpha value is -1.34. The molecule has 8 atom stereocenters. The fraction of sp³-hybridized carbons (Fsp3) is 0.889. The summed E-state index contributed by atoms with van der Waals surface area (Å²) >= 11 is 0. The lowest BCUT2D eigenvalue weighted by atomic mass is 9.83. The second kappa shape index (κ2) is 11.2. The number of aliphatic imine (C=N–C) groups is 1. The molecule has 8 unspecified atom stereocenters. The maximum absolute atomic E-state index is 12.5. The van der Waals surface area contributed by atoms with E-state index in [-0.39, 0.29) is 24.6 Å². The van der Waals surface area contributed by atoms with Crippen LogP contribution in [-0.2, 0) is 19.0 Å². The van der Waals surface area contributed by atoms with Crippen LogP contribution >= 0.6 is 0 Å². The van der Waals surface area contributed by atoms with Gasteiger partial charge in [0.25, 0.3) is 0 Å². The Balaban J connectivity index is 2.19. The van der Waals surface area contributed by atoms with Crippen molar-refractivity contribution in [2.24, 2.45) is 22.2 Å². The molecule has 8 N–H and O–H groups in total. The molecule has 2 fully saturated rings. The second-order valence-electron chi connectivity index (χ2n) is 7.68. The zero-order valence-electron chi connectivity index (χ0n) is 17.4. The van der Waals surface area contributed by atoms with E-state index in [1.165, 1.54) is 12.0 Å². The van der Waals surface area contributed by atoms with Gasteiger partial charge in [-0.15, -0.1) is 0 Å². The molecule has 1 saturated heterocycles. The number of nitrogens with two attached hydrogens (primary N) is 3. The number of aliphatic hydroxyl groups excluding tert-OH is 1. The number of hydrogen-bond acceptors (Lipinski definition) is 9. The molecule has 2 rings (SSSR count). The van der Waals surface area contributed by atoms with Crippen LogP contribution in [0.1, 0.15) is 19.3 Å². The highest BCUT2D eigenvalue weighted by molar-refractivity contribution is 5.79. The van der Waals surface area contributed by atoms with Gasteiger partial charge < -0.3 is 46.7 Å². The van der Waals surface area contributed by atoms with Crippen LogP contribution in [0.15, 0.2) is 4.99 Å². The Morgan fingerprint density at radius 3 is 2.72 bits per heavy atom. The number of nitrogens with zero attached hydrogens (tertiary/aromatic N) is 2. The minimum atomic E-state index is -1.04. The highest BCUT2D eigenvalue weighted by Crippen LogP contribution is 2.30. The maximum Gasteiger partial charge on any atom is 0.244 e. The molecule has 168 valence electrons. The lowest BCUT2D eigenvalue weighted by Gasteiger charge is -2.48. The molecule has 1 aliphatic carbocycles. The van der Waals surface area contributed by atoms with E-state index in [4.69, 9.17) is 31.4 Å². The molecular weight excluding hydrogens is 380 g/mol. The van der Waals surface area contributed by atoms with Crippen molar-refractivity contribution in [3.8, 4) is 0 Å². The third-order valence-electron chi connectivity index (χ3n) is 5.68. The molecule has 1 aliphatic heterocycles. The number of ether oxygens (including phenoxy) is 3. The van der Waals surface area contributed by atoms with E-state index in [0.717, 1.165) is 19.2 Å². The van der Waals surface area contributed by atoms with Crippen molar-refractivity contribution in [1.82, 2.24) is 10.2 Å².